The normalized spacial score (nSPS) is 11.3. The Morgan fingerprint density at radius 3 is 1.84 bits per heavy atom. The minimum atomic E-state index is -0.613. The molecule has 128 valence electrons. The molecule has 0 atom stereocenters. The highest BCUT2D eigenvalue weighted by atomic mass is 16.5. The van der Waals surface area contributed by atoms with Gasteiger partial charge in [0, 0.05) is 12.1 Å². The highest BCUT2D eigenvalue weighted by Gasteiger charge is 2.37. The molecule has 0 aliphatic carbocycles. The molecule has 0 saturated heterocycles. The maximum Gasteiger partial charge on any atom is 0.124 e. The molecule has 2 N–H and O–H groups in total. The lowest BCUT2D eigenvalue weighted by Crippen LogP contribution is -2.46. The molecule has 0 bridgehead atoms. The van der Waals surface area contributed by atoms with Gasteiger partial charge in [-0.15, -0.1) is 0 Å². The average Bonchev–Trinajstić information content (AvgIpc) is 2.70. The van der Waals surface area contributed by atoms with Gasteiger partial charge in [0.05, 0.1) is 19.3 Å². The highest BCUT2D eigenvalue weighted by molar-refractivity contribution is 5.54. The van der Waals surface area contributed by atoms with Gasteiger partial charge in [-0.2, -0.15) is 0 Å². The predicted molar refractivity (Wildman–Crippen MR) is 101 cm³/mol. The number of methoxy groups -OCH3 is 1. The van der Waals surface area contributed by atoms with Gasteiger partial charge in [-0.1, -0.05) is 78.9 Å². The van der Waals surface area contributed by atoms with E-state index in [2.05, 4.69) is 35.6 Å². The second kappa shape index (κ2) is 7.97. The molecule has 0 aliphatic rings. The second-order valence-electron chi connectivity index (χ2n) is 5.83. The number of aliphatic hydroxyl groups excluding tert-OH is 1. The first-order chi connectivity index (χ1) is 12.3. The van der Waals surface area contributed by atoms with Crippen LogP contribution in [0.3, 0.4) is 0 Å². The van der Waals surface area contributed by atoms with Crippen LogP contribution in [-0.4, -0.2) is 25.4 Å². The van der Waals surface area contributed by atoms with Crippen molar-refractivity contribution in [1.29, 1.82) is 0 Å². The van der Waals surface area contributed by atoms with Crippen molar-refractivity contribution < 1.29 is 9.84 Å². The SMILES string of the molecule is COc1ccccc1C(NCCO)(c1ccccc1)c1ccccc1. The zero-order valence-corrected chi connectivity index (χ0v) is 14.4. The third kappa shape index (κ3) is 3.29. The molecule has 3 heteroatoms. The van der Waals surface area contributed by atoms with Crippen molar-refractivity contribution in [3.05, 3.63) is 102 Å². The van der Waals surface area contributed by atoms with E-state index in [-0.39, 0.29) is 6.61 Å². The number of hydrogen-bond acceptors (Lipinski definition) is 3. The topological polar surface area (TPSA) is 41.5 Å². The molecule has 0 aromatic heterocycles. The molecule has 0 spiro atoms. The van der Waals surface area contributed by atoms with Gasteiger partial charge < -0.3 is 9.84 Å². The van der Waals surface area contributed by atoms with Gasteiger partial charge in [-0.25, -0.2) is 0 Å². The first kappa shape index (κ1) is 17.2. The van der Waals surface area contributed by atoms with E-state index in [4.69, 9.17) is 4.74 Å². The summed E-state index contributed by atoms with van der Waals surface area (Å²) in [5, 5.41) is 13.1. The van der Waals surface area contributed by atoms with Crippen molar-refractivity contribution in [2.24, 2.45) is 0 Å². The number of nitrogens with one attached hydrogen (secondary N) is 1. The molecule has 0 unspecified atom stereocenters. The summed E-state index contributed by atoms with van der Waals surface area (Å²) in [6.45, 7) is 0.512. The summed E-state index contributed by atoms with van der Waals surface area (Å²) in [6.07, 6.45) is 0. The van der Waals surface area contributed by atoms with E-state index < -0.39 is 5.54 Å². The summed E-state index contributed by atoms with van der Waals surface area (Å²) in [4.78, 5) is 0. The molecule has 0 saturated carbocycles. The number of benzene rings is 3. The summed E-state index contributed by atoms with van der Waals surface area (Å²) >= 11 is 0. The average molecular weight is 333 g/mol. The van der Waals surface area contributed by atoms with Crippen LogP contribution in [-0.2, 0) is 5.54 Å². The molecule has 0 fully saturated rings. The summed E-state index contributed by atoms with van der Waals surface area (Å²) in [7, 11) is 1.69. The van der Waals surface area contributed by atoms with Gasteiger partial charge in [0.1, 0.15) is 5.75 Å². The third-order valence-corrected chi connectivity index (χ3v) is 4.43. The Kier molecular flexibility index (Phi) is 5.49. The summed E-state index contributed by atoms with van der Waals surface area (Å²) in [5.74, 6) is 0.806. The van der Waals surface area contributed by atoms with E-state index in [9.17, 15) is 5.11 Å². The molecular weight excluding hydrogens is 310 g/mol. The fourth-order valence-corrected chi connectivity index (χ4v) is 3.35. The maximum atomic E-state index is 9.50. The lowest BCUT2D eigenvalue weighted by Gasteiger charge is -2.37. The van der Waals surface area contributed by atoms with Crippen molar-refractivity contribution in [2.75, 3.05) is 20.3 Å². The lowest BCUT2D eigenvalue weighted by atomic mass is 9.76. The molecule has 3 rings (SSSR count). The van der Waals surface area contributed by atoms with Crippen molar-refractivity contribution in [2.45, 2.75) is 5.54 Å². The van der Waals surface area contributed by atoms with E-state index in [1.807, 2.05) is 54.6 Å². The Hall–Kier alpha value is -2.62. The molecule has 0 heterocycles. The quantitative estimate of drug-likeness (QED) is 0.650. The Morgan fingerprint density at radius 1 is 0.800 bits per heavy atom. The Bertz CT molecular complexity index is 748. The Labute approximate surface area is 148 Å². The summed E-state index contributed by atoms with van der Waals surface area (Å²) < 4.78 is 5.67. The van der Waals surface area contributed by atoms with Gasteiger partial charge in [-0.05, 0) is 17.2 Å². The predicted octanol–water partition coefficient (Wildman–Crippen LogP) is 3.57. The lowest BCUT2D eigenvalue weighted by molar-refractivity contribution is 0.275. The molecule has 3 aromatic rings. The van der Waals surface area contributed by atoms with E-state index in [0.717, 1.165) is 22.4 Å². The second-order valence-corrected chi connectivity index (χ2v) is 5.83. The smallest absolute Gasteiger partial charge is 0.124 e. The number of hydrogen-bond donors (Lipinski definition) is 2. The fraction of sp³-hybridized carbons (Fsp3) is 0.182. The molecule has 3 nitrogen and oxygen atoms in total. The fourth-order valence-electron chi connectivity index (χ4n) is 3.35. The number of ether oxygens (including phenoxy) is 1. The first-order valence-corrected chi connectivity index (χ1v) is 8.43. The van der Waals surface area contributed by atoms with Crippen LogP contribution in [0.15, 0.2) is 84.9 Å². The first-order valence-electron chi connectivity index (χ1n) is 8.43. The van der Waals surface area contributed by atoms with Crippen LogP contribution in [0.5, 0.6) is 5.75 Å². The number of para-hydroxylation sites is 1. The third-order valence-electron chi connectivity index (χ3n) is 4.43. The standard InChI is InChI=1S/C22H23NO2/c1-25-21-15-9-8-14-20(21)22(23-16-17-24,18-10-4-2-5-11-18)19-12-6-3-7-13-19/h2-15,23-24H,16-17H2,1H3. The molecule has 3 aromatic carbocycles. The Morgan fingerprint density at radius 2 is 1.32 bits per heavy atom. The van der Waals surface area contributed by atoms with Gasteiger partial charge in [0.15, 0.2) is 0 Å². The molecule has 0 amide bonds. The van der Waals surface area contributed by atoms with Gasteiger partial charge in [-0.3, -0.25) is 5.32 Å². The monoisotopic (exact) mass is 333 g/mol. The van der Waals surface area contributed by atoms with Crippen LogP contribution in [0.4, 0.5) is 0 Å². The highest BCUT2D eigenvalue weighted by Crippen LogP contribution is 2.40. The van der Waals surface area contributed by atoms with E-state index >= 15 is 0 Å². The van der Waals surface area contributed by atoms with Crippen molar-refractivity contribution in [1.82, 2.24) is 5.32 Å². The van der Waals surface area contributed by atoms with Crippen LogP contribution in [0.25, 0.3) is 0 Å². The van der Waals surface area contributed by atoms with Gasteiger partial charge in [0.2, 0.25) is 0 Å². The molecule has 0 aliphatic heterocycles. The van der Waals surface area contributed by atoms with Crippen LogP contribution in [0.2, 0.25) is 0 Å². The Balaban J connectivity index is 2.32. The summed E-state index contributed by atoms with van der Waals surface area (Å²) in [6, 6.07) is 28.6. The van der Waals surface area contributed by atoms with Crippen molar-refractivity contribution in [3.63, 3.8) is 0 Å². The van der Waals surface area contributed by atoms with Crippen molar-refractivity contribution >= 4 is 0 Å². The van der Waals surface area contributed by atoms with Crippen LogP contribution in [0, 0.1) is 0 Å². The van der Waals surface area contributed by atoms with E-state index in [1.54, 1.807) is 7.11 Å². The van der Waals surface area contributed by atoms with Crippen LogP contribution in [0.1, 0.15) is 16.7 Å². The minimum absolute atomic E-state index is 0.0521. The van der Waals surface area contributed by atoms with Crippen LogP contribution >= 0.6 is 0 Å². The summed E-state index contributed by atoms with van der Waals surface area (Å²) in [5.41, 5.74) is 2.60. The van der Waals surface area contributed by atoms with Gasteiger partial charge in [0.25, 0.3) is 0 Å². The minimum Gasteiger partial charge on any atom is -0.496 e. The number of rotatable bonds is 7. The van der Waals surface area contributed by atoms with Crippen LogP contribution < -0.4 is 10.1 Å². The molecule has 0 radical (unpaired) electrons. The number of aliphatic hydroxyl groups is 1. The van der Waals surface area contributed by atoms with Gasteiger partial charge >= 0.3 is 0 Å². The molecule has 25 heavy (non-hydrogen) atoms. The van der Waals surface area contributed by atoms with E-state index in [0.29, 0.717) is 6.54 Å². The largest absolute Gasteiger partial charge is 0.496 e. The maximum absolute atomic E-state index is 9.50. The molecular formula is C22H23NO2. The zero-order chi connectivity index (χ0) is 17.5. The zero-order valence-electron chi connectivity index (χ0n) is 14.4. The van der Waals surface area contributed by atoms with E-state index in [1.165, 1.54) is 0 Å². The van der Waals surface area contributed by atoms with Crippen molar-refractivity contribution in [3.8, 4) is 5.75 Å².